The van der Waals surface area contributed by atoms with E-state index in [1.165, 1.54) is 19.3 Å². The van der Waals surface area contributed by atoms with E-state index in [9.17, 15) is 0 Å². The fourth-order valence-corrected chi connectivity index (χ4v) is 6.71. The summed E-state index contributed by atoms with van der Waals surface area (Å²) in [5.74, 6) is 4.75. The van der Waals surface area contributed by atoms with Gasteiger partial charge in [-0.25, -0.2) is 0 Å². The molecule has 3 fully saturated rings. The maximum absolute atomic E-state index is 6.61. The molecular weight excluding hydrogens is 212 g/mol. The Bertz CT molecular complexity index is 369. The van der Waals surface area contributed by atoms with Gasteiger partial charge < -0.3 is 4.43 Å². The molecule has 2 bridgehead atoms. The van der Waals surface area contributed by atoms with Crippen LogP contribution >= 0.6 is 0 Å². The molecule has 0 unspecified atom stereocenters. The van der Waals surface area contributed by atoms with Crippen LogP contribution < -0.4 is 0 Å². The lowest BCUT2D eigenvalue weighted by molar-refractivity contribution is 0.0651. The molecule has 88 valence electrons. The minimum Gasteiger partial charge on any atom is -0.412 e. The van der Waals surface area contributed by atoms with Crippen LogP contribution in [0.25, 0.3) is 0 Å². The van der Waals surface area contributed by atoms with E-state index in [1.807, 2.05) is 0 Å². The summed E-state index contributed by atoms with van der Waals surface area (Å²) in [6.45, 7) is 7.06. The second kappa shape index (κ2) is 2.67. The van der Waals surface area contributed by atoms with Crippen molar-refractivity contribution in [2.24, 2.45) is 29.6 Å². The highest BCUT2D eigenvalue weighted by Crippen LogP contribution is 2.75. The van der Waals surface area contributed by atoms with E-state index >= 15 is 0 Å². The first-order chi connectivity index (χ1) is 7.51. The van der Waals surface area contributed by atoms with Gasteiger partial charge >= 0.3 is 0 Å². The van der Waals surface area contributed by atoms with Crippen molar-refractivity contribution in [1.29, 1.82) is 0 Å². The molecule has 0 aromatic carbocycles. The summed E-state index contributed by atoms with van der Waals surface area (Å²) in [6.07, 6.45) is 9.19. The van der Waals surface area contributed by atoms with Gasteiger partial charge in [0.1, 0.15) is 0 Å². The highest BCUT2D eigenvalue weighted by Gasteiger charge is 2.75. The summed E-state index contributed by atoms with van der Waals surface area (Å²) >= 11 is 0. The molecule has 4 rings (SSSR count). The van der Waals surface area contributed by atoms with E-state index in [-0.39, 0.29) is 0 Å². The standard InChI is InChI=1S/C14H22OSi/c1-16(2,3)15-14-8-13(14)11-7-12(14)10-6-4-5-9(10)11/h4,6,9-13H,5,7-8H2,1-3H3/t9-,10+,11+,12-,13+,14+/m1/s1. The van der Waals surface area contributed by atoms with Gasteiger partial charge in [0, 0.05) is 0 Å². The number of allylic oxidation sites excluding steroid dienone is 2. The summed E-state index contributed by atoms with van der Waals surface area (Å²) in [5, 5.41) is 0. The van der Waals surface area contributed by atoms with E-state index in [0.29, 0.717) is 5.60 Å². The molecular formula is C14H22OSi. The molecule has 6 atom stereocenters. The van der Waals surface area contributed by atoms with Crippen LogP contribution in [-0.2, 0) is 4.43 Å². The smallest absolute Gasteiger partial charge is 0.184 e. The molecule has 4 aliphatic rings. The fourth-order valence-electron chi connectivity index (χ4n) is 5.19. The van der Waals surface area contributed by atoms with Gasteiger partial charge in [-0.2, -0.15) is 0 Å². The van der Waals surface area contributed by atoms with E-state index in [4.69, 9.17) is 4.43 Å². The SMILES string of the molecule is C[Si](C)(C)O[C@]12C[C@H]1[C@H]1C[C@@H]2[C@H]2C=CC[C@H]21. The first kappa shape index (κ1) is 9.90. The lowest BCUT2D eigenvalue weighted by Crippen LogP contribution is -2.41. The number of rotatable bonds is 2. The number of fused-ring (bicyclic) bond motifs is 8. The Hall–Kier alpha value is -0.0831. The van der Waals surface area contributed by atoms with Crippen molar-refractivity contribution in [2.75, 3.05) is 0 Å². The Balaban J connectivity index is 1.64. The Kier molecular flexibility index (Phi) is 1.65. The lowest BCUT2D eigenvalue weighted by Gasteiger charge is -2.35. The molecule has 0 radical (unpaired) electrons. The highest BCUT2D eigenvalue weighted by atomic mass is 28.4. The molecule has 2 heteroatoms. The van der Waals surface area contributed by atoms with Gasteiger partial charge in [0.25, 0.3) is 0 Å². The monoisotopic (exact) mass is 234 g/mol. The summed E-state index contributed by atoms with van der Waals surface area (Å²) in [6, 6.07) is 0. The number of hydrogen-bond donors (Lipinski definition) is 0. The zero-order chi connectivity index (χ0) is 11.1. The van der Waals surface area contributed by atoms with Crippen molar-refractivity contribution in [1.82, 2.24) is 0 Å². The van der Waals surface area contributed by atoms with Crippen LogP contribution in [0.15, 0.2) is 12.2 Å². The maximum Gasteiger partial charge on any atom is 0.184 e. The predicted molar refractivity (Wildman–Crippen MR) is 67.6 cm³/mol. The average Bonchev–Trinajstić information content (AvgIpc) is 2.57. The molecule has 1 nitrogen and oxygen atoms in total. The maximum atomic E-state index is 6.61. The second-order valence-electron chi connectivity index (χ2n) is 7.39. The minimum atomic E-state index is -1.36. The predicted octanol–water partition coefficient (Wildman–Crippen LogP) is 3.44. The van der Waals surface area contributed by atoms with Crippen molar-refractivity contribution in [3.8, 4) is 0 Å². The van der Waals surface area contributed by atoms with Crippen molar-refractivity contribution in [3.05, 3.63) is 12.2 Å². The average molecular weight is 234 g/mol. The van der Waals surface area contributed by atoms with E-state index < -0.39 is 8.32 Å². The van der Waals surface area contributed by atoms with Crippen LogP contribution in [0.4, 0.5) is 0 Å². The van der Waals surface area contributed by atoms with Gasteiger partial charge in [0.2, 0.25) is 0 Å². The van der Waals surface area contributed by atoms with Crippen LogP contribution in [-0.4, -0.2) is 13.9 Å². The molecule has 0 heterocycles. The third-order valence-electron chi connectivity index (χ3n) is 5.45. The van der Waals surface area contributed by atoms with Crippen LogP contribution in [0, 0.1) is 29.6 Å². The first-order valence-corrected chi connectivity index (χ1v) is 10.3. The molecule has 4 aliphatic carbocycles. The van der Waals surface area contributed by atoms with E-state index in [1.54, 1.807) is 0 Å². The van der Waals surface area contributed by atoms with Gasteiger partial charge in [-0.15, -0.1) is 0 Å². The Morgan fingerprint density at radius 2 is 2.00 bits per heavy atom. The third-order valence-corrected chi connectivity index (χ3v) is 6.44. The van der Waals surface area contributed by atoms with Crippen LogP contribution in [0.5, 0.6) is 0 Å². The fraction of sp³-hybridized carbons (Fsp3) is 0.857. The summed E-state index contributed by atoms with van der Waals surface area (Å²) in [4.78, 5) is 0. The first-order valence-electron chi connectivity index (χ1n) is 6.88. The Morgan fingerprint density at radius 3 is 2.75 bits per heavy atom. The van der Waals surface area contributed by atoms with Gasteiger partial charge in [-0.05, 0) is 68.5 Å². The van der Waals surface area contributed by atoms with Crippen molar-refractivity contribution in [3.63, 3.8) is 0 Å². The van der Waals surface area contributed by atoms with Gasteiger partial charge in [0.15, 0.2) is 8.32 Å². The molecule has 0 N–H and O–H groups in total. The van der Waals surface area contributed by atoms with E-state index in [2.05, 4.69) is 31.8 Å². The second-order valence-corrected chi connectivity index (χ2v) is 11.8. The molecule has 16 heavy (non-hydrogen) atoms. The van der Waals surface area contributed by atoms with Crippen molar-refractivity contribution < 1.29 is 4.43 Å². The summed E-state index contributed by atoms with van der Waals surface area (Å²) in [5.41, 5.74) is 0.366. The molecule has 3 saturated carbocycles. The quantitative estimate of drug-likeness (QED) is 0.525. The minimum absolute atomic E-state index is 0.366. The number of hydrogen-bond acceptors (Lipinski definition) is 1. The van der Waals surface area contributed by atoms with Crippen LogP contribution in [0.3, 0.4) is 0 Å². The topological polar surface area (TPSA) is 9.23 Å². The zero-order valence-corrected chi connectivity index (χ0v) is 11.6. The van der Waals surface area contributed by atoms with E-state index in [0.717, 1.165) is 29.6 Å². The summed E-state index contributed by atoms with van der Waals surface area (Å²) < 4.78 is 6.61. The molecule has 0 aromatic heterocycles. The molecule has 0 aromatic rings. The third kappa shape index (κ3) is 1.05. The van der Waals surface area contributed by atoms with Crippen molar-refractivity contribution >= 4 is 8.32 Å². The Labute approximate surface area is 99.4 Å². The zero-order valence-electron chi connectivity index (χ0n) is 10.6. The van der Waals surface area contributed by atoms with Gasteiger partial charge in [-0.3, -0.25) is 0 Å². The molecule has 0 amide bonds. The molecule has 0 saturated heterocycles. The lowest BCUT2D eigenvalue weighted by atomic mass is 9.80. The normalized spacial score (nSPS) is 56.6. The van der Waals surface area contributed by atoms with Gasteiger partial charge in [0.05, 0.1) is 5.60 Å². The van der Waals surface area contributed by atoms with Crippen molar-refractivity contribution in [2.45, 2.75) is 44.5 Å². The largest absolute Gasteiger partial charge is 0.412 e. The molecule has 0 spiro atoms. The van der Waals surface area contributed by atoms with Crippen LogP contribution in [0.2, 0.25) is 19.6 Å². The summed E-state index contributed by atoms with van der Waals surface area (Å²) in [7, 11) is -1.36. The molecule has 0 aliphatic heterocycles. The van der Waals surface area contributed by atoms with Gasteiger partial charge in [-0.1, -0.05) is 12.2 Å². The van der Waals surface area contributed by atoms with Crippen LogP contribution in [0.1, 0.15) is 19.3 Å². The Morgan fingerprint density at radius 1 is 1.19 bits per heavy atom. The highest BCUT2D eigenvalue weighted by molar-refractivity contribution is 6.69.